The van der Waals surface area contributed by atoms with E-state index < -0.39 is 0 Å². The Labute approximate surface area is 99.6 Å². The maximum atomic E-state index is 12.1. The average molecular weight is 230 g/mol. The molecule has 1 heterocycles. The first-order chi connectivity index (χ1) is 8.22. The van der Waals surface area contributed by atoms with Crippen molar-refractivity contribution in [3.05, 3.63) is 48.4 Å². The molecule has 1 amide bonds. The first kappa shape index (κ1) is 11.3. The van der Waals surface area contributed by atoms with E-state index in [0.29, 0.717) is 18.0 Å². The van der Waals surface area contributed by atoms with Gasteiger partial charge in [0, 0.05) is 17.9 Å². The van der Waals surface area contributed by atoms with Gasteiger partial charge in [-0.25, -0.2) is 0 Å². The van der Waals surface area contributed by atoms with E-state index in [9.17, 15) is 4.79 Å². The summed E-state index contributed by atoms with van der Waals surface area (Å²) in [6, 6.07) is 10.6. The molecule has 0 saturated heterocycles. The first-order valence-corrected chi connectivity index (χ1v) is 5.43. The zero-order chi connectivity index (χ0) is 12.3. The predicted octanol–water partition coefficient (Wildman–Crippen LogP) is 2.53. The number of nitrogens with two attached hydrogens (primary N) is 1. The Hall–Kier alpha value is -2.23. The highest BCUT2D eigenvalue weighted by Crippen LogP contribution is 2.19. The van der Waals surface area contributed by atoms with Crippen LogP contribution in [-0.2, 0) is 0 Å². The van der Waals surface area contributed by atoms with E-state index in [0.717, 1.165) is 5.69 Å². The Morgan fingerprint density at radius 1 is 1.35 bits per heavy atom. The second kappa shape index (κ2) is 4.74. The van der Waals surface area contributed by atoms with Gasteiger partial charge in [-0.05, 0) is 37.3 Å². The molecule has 0 fully saturated rings. The van der Waals surface area contributed by atoms with Crippen molar-refractivity contribution in [3.8, 4) is 0 Å². The SMILES string of the molecule is CCN(C(=O)c1ccco1)c1cccc(N)c1. The number of benzene rings is 1. The second-order valence-corrected chi connectivity index (χ2v) is 3.62. The fourth-order valence-electron chi connectivity index (χ4n) is 1.67. The van der Waals surface area contributed by atoms with Crippen LogP contribution in [0.3, 0.4) is 0 Å². The number of amides is 1. The van der Waals surface area contributed by atoms with E-state index in [1.54, 1.807) is 29.2 Å². The molecule has 2 aromatic rings. The van der Waals surface area contributed by atoms with Gasteiger partial charge in [-0.1, -0.05) is 6.07 Å². The minimum atomic E-state index is -0.164. The van der Waals surface area contributed by atoms with Gasteiger partial charge >= 0.3 is 0 Å². The fourth-order valence-corrected chi connectivity index (χ4v) is 1.67. The van der Waals surface area contributed by atoms with Crippen molar-refractivity contribution in [2.45, 2.75) is 6.92 Å². The summed E-state index contributed by atoms with van der Waals surface area (Å²) in [4.78, 5) is 13.8. The molecule has 0 aliphatic carbocycles. The normalized spacial score (nSPS) is 10.2. The molecule has 0 atom stereocenters. The lowest BCUT2D eigenvalue weighted by atomic mass is 10.2. The Morgan fingerprint density at radius 2 is 2.18 bits per heavy atom. The Bertz CT molecular complexity index is 506. The van der Waals surface area contributed by atoms with Crippen molar-refractivity contribution in [2.24, 2.45) is 0 Å². The average Bonchev–Trinajstić information content (AvgIpc) is 2.83. The monoisotopic (exact) mass is 230 g/mol. The number of furan rings is 1. The summed E-state index contributed by atoms with van der Waals surface area (Å²) >= 11 is 0. The molecule has 0 aliphatic rings. The summed E-state index contributed by atoms with van der Waals surface area (Å²) in [5.74, 6) is 0.164. The molecule has 2 N–H and O–H groups in total. The van der Waals surface area contributed by atoms with Gasteiger partial charge in [-0.3, -0.25) is 4.79 Å². The maximum Gasteiger partial charge on any atom is 0.293 e. The van der Waals surface area contributed by atoms with Gasteiger partial charge in [0.15, 0.2) is 5.76 Å². The van der Waals surface area contributed by atoms with E-state index in [1.807, 2.05) is 19.1 Å². The van der Waals surface area contributed by atoms with Crippen LogP contribution in [0.2, 0.25) is 0 Å². The number of hydrogen-bond acceptors (Lipinski definition) is 3. The number of rotatable bonds is 3. The third-order valence-electron chi connectivity index (χ3n) is 2.48. The molecular weight excluding hydrogens is 216 g/mol. The van der Waals surface area contributed by atoms with Crippen LogP contribution in [0.1, 0.15) is 17.5 Å². The number of carbonyl (C=O) groups is 1. The van der Waals surface area contributed by atoms with Crippen LogP contribution in [0.4, 0.5) is 11.4 Å². The second-order valence-electron chi connectivity index (χ2n) is 3.62. The molecule has 4 nitrogen and oxygen atoms in total. The lowest BCUT2D eigenvalue weighted by molar-refractivity contribution is 0.0961. The molecule has 0 bridgehead atoms. The minimum absolute atomic E-state index is 0.164. The largest absolute Gasteiger partial charge is 0.459 e. The van der Waals surface area contributed by atoms with Crippen LogP contribution in [0, 0.1) is 0 Å². The van der Waals surface area contributed by atoms with Crippen LogP contribution >= 0.6 is 0 Å². The van der Waals surface area contributed by atoms with Crippen molar-refractivity contribution in [2.75, 3.05) is 17.2 Å². The van der Waals surface area contributed by atoms with Crippen molar-refractivity contribution >= 4 is 17.3 Å². The van der Waals surface area contributed by atoms with Gasteiger partial charge < -0.3 is 15.1 Å². The number of nitrogen functional groups attached to an aromatic ring is 1. The third kappa shape index (κ3) is 2.30. The van der Waals surface area contributed by atoms with Gasteiger partial charge in [0.2, 0.25) is 0 Å². The zero-order valence-electron chi connectivity index (χ0n) is 9.59. The molecule has 1 aromatic carbocycles. The van der Waals surface area contributed by atoms with Gasteiger partial charge in [-0.15, -0.1) is 0 Å². The molecule has 88 valence electrons. The number of nitrogens with zero attached hydrogens (tertiary/aromatic N) is 1. The highest BCUT2D eigenvalue weighted by Gasteiger charge is 2.18. The molecule has 17 heavy (non-hydrogen) atoms. The summed E-state index contributed by atoms with van der Waals surface area (Å²) in [7, 11) is 0. The van der Waals surface area contributed by atoms with Gasteiger partial charge in [0.1, 0.15) is 0 Å². The van der Waals surface area contributed by atoms with Crippen LogP contribution in [0.25, 0.3) is 0 Å². The lowest BCUT2D eigenvalue weighted by Crippen LogP contribution is -2.30. The van der Waals surface area contributed by atoms with Crippen LogP contribution < -0.4 is 10.6 Å². The van der Waals surface area contributed by atoms with E-state index >= 15 is 0 Å². The molecule has 4 heteroatoms. The first-order valence-electron chi connectivity index (χ1n) is 5.43. The fraction of sp³-hybridized carbons (Fsp3) is 0.154. The lowest BCUT2D eigenvalue weighted by Gasteiger charge is -2.20. The van der Waals surface area contributed by atoms with Crippen molar-refractivity contribution in [3.63, 3.8) is 0 Å². The highest BCUT2D eigenvalue weighted by atomic mass is 16.3. The number of hydrogen-bond donors (Lipinski definition) is 1. The van der Waals surface area contributed by atoms with Gasteiger partial charge in [-0.2, -0.15) is 0 Å². The van der Waals surface area contributed by atoms with Crippen molar-refractivity contribution in [1.82, 2.24) is 0 Å². The van der Waals surface area contributed by atoms with Gasteiger partial charge in [0.25, 0.3) is 5.91 Å². The van der Waals surface area contributed by atoms with Crippen LogP contribution in [0.15, 0.2) is 47.1 Å². The summed E-state index contributed by atoms with van der Waals surface area (Å²) < 4.78 is 5.11. The van der Waals surface area contributed by atoms with Crippen molar-refractivity contribution in [1.29, 1.82) is 0 Å². The Kier molecular flexibility index (Phi) is 3.14. The zero-order valence-corrected chi connectivity index (χ0v) is 9.59. The molecule has 0 spiro atoms. The molecule has 0 aliphatic heterocycles. The number of carbonyl (C=O) groups excluding carboxylic acids is 1. The van der Waals surface area contributed by atoms with E-state index in [2.05, 4.69) is 0 Å². The van der Waals surface area contributed by atoms with Crippen LogP contribution in [0.5, 0.6) is 0 Å². The summed E-state index contributed by atoms with van der Waals surface area (Å²) in [5.41, 5.74) is 7.11. The third-order valence-corrected chi connectivity index (χ3v) is 2.48. The minimum Gasteiger partial charge on any atom is -0.459 e. The molecule has 0 unspecified atom stereocenters. The summed E-state index contributed by atoms with van der Waals surface area (Å²) in [5, 5.41) is 0. The highest BCUT2D eigenvalue weighted by molar-refractivity contribution is 6.04. The number of anilines is 2. The van der Waals surface area contributed by atoms with Crippen LogP contribution in [-0.4, -0.2) is 12.5 Å². The van der Waals surface area contributed by atoms with Gasteiger partial charge in [0.05, 0.1) is 6.26 Å². The molecular formula is C13H14N2O2. The van der Waals surface area contributed by atoms with E-state index in [1.165, 1.54) is 6.26 Å². The Morgan fingerprint density at radius 3 is 2.76 bits per heavy atom. The molecule has 0 saturated carbocycles. The van der Waals surface area contributed by atoms with E-state index in [-0.39, 0.29) is 5.91 Å². The molecule has 1 aromatic heterocycles. The maximum absolute atomic E-state index is 12.1. The summed E-state index contributed by atoms with van der Waals surface area (Å²) in [6.07, 6.45) is 1.49. The Balaban J connectivity index is 2.31. The van der Waals surface area contributed by atoms with E-state index in [4.69, 9.17) is 10.2 Å². The van der Waals surface area contributed by atoms with Crippen molar-refractivity contribution < 1.29 is 9.21 Å². The predicted molar refractivity (Wildman–Crippen MR) is 66.9 cm³/mol. The quantitative estimate of drug-likeness (QED) is 0.824. The smallest absolute Gasteiger partial charge is 0.293 e. The standard InChI is InChI=1S/C13H14N2O2/c1-2-15(11-6-3-5-10(14)9-11)13(16)12-7-4-8-17-12/h3-9H,2,14H2,1H3. The molecule has 0 radical (unpaired) electrons. The molecule has 2 rings (SSSR count). The summed E-state index contributed by atoms with van der Waals surface area (Å²) in [6.45, 7) is 2.47. The topological polar surface area (TPSA) is 59.5 Å².